The fourth-order valence-electron chi connectivity index (χ4n) is 1.67. The average molecular weight is 233 g/mol. The van der Waals surface area contributed by atoms with Gasteiger partial charge in [0.05, 0.1) is 10.6 Å². The van der Waals surface area contributed by atoms with Gasteiger partial charge in [-0.2, -0.15) is 0 Å². The Morgan fingerprint density at radius 3 is 2.82 bits per heavy atom. The highest BCUT2D eigenvalue weighted by atomic mass is 16.6. The molecule has 0 amide bonds. The Balaban J connectivity index is 2.56. The highest BCUT2D eigenvalue weighted by Gasteiger charge is 2.09. The van der Waals surface area contributed by atoms with Crippen molar-refractivity contribution in [1.82, 2.24) is 9.78 Å². The molecule has 0 bridgehead atoms. The molecule has 0 spiro atoms. The second-order valence-corrected chi connectivity index (χ2v) is 3.58. The second kappa shape index (κ2) is 4.25. The van der Waals surface area contributed by atoms with Crippen LogP contribution in [0.1, 0.15) is 12.6 Å². The third kappa shape index (κ3) is 2.10. The first kappa shape index (κ1) is 11.1. The molecular formula is C11H11N3O3. The van der Waals surface area contributed by atoms with Crippen LogP contribution in [0.5, 0.6) is 0 Å². The van der Waals surface area contributed by atoms with Crippen molar-refractivity contribution in [2.24, 2.45) is 0 Å². The van der Waals surface area contributed by atoms with Crippen molar-refractivity contribution in [1.29, 1.82) is 0 Å². The number of nitro benzene ring substituents is 1. The molecule has 0 aliphatic heterocycles. The Bertz CT molecular complexity index is 612. The highest BCUT2D eigenvalue weighted by molar-refractivity contribution is 5.43. The van der Waals surface area contributed by atoms with E-state index in [0.29, 0.717) is 12.1 Å². The summed E-state index contributed by atoms with van der Waals surface area (Å²) in [4.78, 5) is 21.5. The fourth-order valence-corrected chi connectivity index (χ4v) is 1.67. The van der Waals surface area contributed by atoms with Crippen LogP contribution in [0.3, 0.4) is 0 Å². The maximum absolute atomic E-state index is 11.3. The summed E-state index contributed by atoms with van der Waals surface area (Å²) in [7, 11) is 0. The molecule has 0 saturated heterocycles. The van der Waals surface area contributed by atoms with Crippen LogP contribution in [-0.4, -0.2) is 14.7 Å². The highest BCUT2D eigenvalue weighted by Crippen LogP contribution is 2.16. The molecule has 1 aromatic carbocycles. The lowest BCUT2D eigenvalue weighted by molar-refractivity contribution is -0.384. The number of nitrogens with one attached hydrogen (secondary N) is 1. The largest absolute Gasteiger partial charge is 0.271 e. The monoisotopic (exact) mass is 233 g/mol. The van der Waals surface area contributed by atoms with Crippen LogP contribution in [0.4, 0.5) is 5.69 Å². The van der Waals surface area contributed by atoms with Gasteiger partial charge in [0.2, 0.25) is 0 Å². The van der Waals surface area contributed by atoms with E-state index in [9.17, 15) is 14.9 Å². The summed E-state index contributed by atoms with van der Waals surface area (Å²) in [6.45, 7) is 1.91. The molecule has 0 radical (unpaired) electrons. The van der Waals surface area contributed by atoms with Crippen molar-refractivity contribution >= 4 is 5.69 Å². The van der Waals surface area contributed by atoms with Gasteiger partial charge in [-0.05, 0) is 12.5 Å². The fraction of sp³-hybridized carbons (Fsp3) is 0.182. The van der Waals surface area contributed by atoms with E-state index in [0.717, 1.165) is 5.69 Å². The number of hydrogen-bond acceptors (Lipinski definition) is 3. The molecule has 0 atom stereocenters. The molecule has 6 heteroatoms. The minimum atomic E-state index is -0.462. The summed E-state index contributed by atoms with van der Waals surface area (Å²) in [5.41, 5.74) is 1.15. The number of nitrogens with zero attached hydrogens (tertiary/aromatic N) is 2. The number of aromatic nitrogens is 2. The first-order chi connectivity index (χ1) is 8.11. The predicted molar refractivity (Wildman–Crippen MR) is 62.4 cm³/mol. The van der Waals surface area contributed by atoms with Crippen molar-refractivity contribution in [2.45, 2.75) is 13.3 Å². The summed E-state index contributed by atoms with van der Waals surface area (Å²) in [5, 5.41) is 13.3. The van der Waals surface area contributed by atoms with Gasteiger partial charge >= 0.3 is 0 Å². The molecule has 88 valence electrons. The number of nitro groups is 1. The molecule has 6 nitrogen and oxygen atoms in total. The van der Waals surface area contributed by atoms with Gasteiger partial charge in [0.1, 0.15) is 0 Å². The minimum Gasteiger partial charge on any atom is -0.268 e. The lowest BCUT2D eigenvalue weighted by atomic mass is 10.2. The molecule has 2 aromatic rings. The smallest absolute Gasteiger partial charge is 0.268 e. The van der Waals surface area contributed by atoms with E-state index in [4.69, 9.17) is 0 Å². The zero-order chi connectivity index (χ0) is 12.4. The topological polar surface area (TPSA) is 80.9 Å². The van der Waals surface area contributed by atoms with E-state index >= 15 is 0 Å². The number of H-pyrrole nitrogens is 1. The van der Waals surface area contributed by atoms with Crippen LogP contribution in [0, 0.1) is 10.1 Å². The van der Waals surface area contributed by atoms with Crippen molar-refractivity contribution < 1.29 is 4.92 Å². The van der Waals surface area contributed by atoms with Crippen LogP contribution in [0.15, 0.2) is 35.1 Å². The molecule has 0 aliphatic rings. The van der Waals surface area contributed by atoms with Crippen LogP contribution < -0.4 is 5.56 Å². The van der Waals surface area contributed by atoms with Gasteiger partial charge in [0.25, 0.3) is 11.2 Å². The van der Waals surface area contributed by atoms with Gasteiger partial charge in [-0.3, -0.25) is 24.7 Å². The SMILES string of the molecule is CCc1cc(=O)[nH]n1-c1cccc([N+](=O)[O-])c1. The Labute approximate surface area is 96.6 Å². The summed E-state index contributed by atoms with van der Waals surface area (Å²) >= 11 is 0. The Hall–Kier alpha value is -2.37. The molecule has 1 heterocycles. The van der Waals surface area contributed by atoms with Crippen molar-refractivity contribution in [3.63, 3.8) is 0 Å². The predicted octanol–water partition coefficient (Wildman–Crippen LogP) is 1.64. The summed E-state index contributed by atoms with van der Waals surface area (Å²) < 4.78 is 1.56. The quantitative estimate of drug-likeness (QED) is 0.646. The van der Waals surface area contributed by atoms with E-state index in [1.54, 1.807) is 16.8 Å². The molecule has 0 aliphatic carbocycles. The molecular weight excluding hydrogens is 222 g/mol. The molecule has 1 N–H and O–H groups in total. The number of hydrogen-bond donors (Lipinski definition) is 1. The van der Waals surface area contributed by atoms with Crippen LogP contribution in [-0.2, 0) is 6.42 Å². The van der Waals surface area contributed by atoms with Crippen LogP contribution >= 0.6 is 0 Å². The molecule has 0 unspecified atom stereocenters. The van der Waals surface area contributed by atoms with Crippen LogP contribution in [0.25, 0.3) is 5.69 Å². The lowest BCUT2D eigenvalue weighted by Crippen LogP contribution is -2.05. The standard InChI is InChI=1S/C11H11N3O3/c1-2-8-7-11(15)12-13(8)9-4-3-5-10(6-9)14(16)17/h3-7H,2H2,1H3,(H,12,15). The van der Waals surface area contributed by atoms with Gasteiger partial charge < -0.3 is 0 Å². The van der Waals surface area contributed by atoms with E-state index < -0.39 is 4.92 Å². The third-order valence-electron chi connectivity index (χ3n) is 2.47. The summed E-state index contributed by atoms with van der Waals surface area (Å²) in [5.74, 6) is 0. The molecule has 1 aromatic heterocycles. The van der Waals surface area contributed by atoms with Gasteiger partial charge in [-0.1, -0.05) is 13.0 Å². The Morgan fingerprint density at radius 2 is 2.18 bits per heavy atom. The van der Waals surface area contributed by atoms with E-state index in [-0.39, 0.29) is 11.2 Å². The number of non-ortho nitro benzene ring substituents is 1. The maximum Gasteiger partial charge on any atom is 0.271 e. The normalized spacial score (nSPS) is 10.4. The zero-order valence-corrected chi connectivity index (χ0v) is 9.21. The Morgan fingerprint density at radius 1 is 1.41 bits per heavy atom. The van der Waals surface area contributed by atoms with Gasteiger partial charge in [-0.15, -0.1) is 0 Å². The van der Waals surface area contributed by atoms with Gasteiger partial charge in [-0.25, -0.2) is 0 Å². The molecule has 0 fully saturated rings. The first-order valence-corrected chi connectivity index (χ1v) is 5.17. The van der Waals surface area contributed by atoms with E-state index in [2.05, 4.69) is 5.10 Å². The summed E-state index contributed by atoms with van der Waals surface area (Å²) in [6.07, 6.45) is 0.668. The van der Waals surface area contributed by atoms with Crippen LogP contribution in [0.2, 0.25) is 0 Å². The molecule has 17 heavy (non-hydrogen) atoms. The van der Waals surface area contributed by atoms with Gasteiger partial charge in [0.15, 0.2) is 0 Å². The average Bonchev–Trinajstić information content (AvgIpc) is 2.70. The number of rotatable bonds is 3. The van der Waals surface area contributed by atoms with Gasteiger partial charge in [0, 0.05) is 23.9 Å². The van der Waals surface area contributed by atoms with Crippen molar-refractivity contribution in [3.8, 4) is 5.69 Å². The minimum absolute atomic E-state index is 0.000831. The zero-order valence-electron chi connectivity index (χ0n) is 9.21. The van der Waals surface area contributed by atoms with Crippen molar-refractivity contribution in [3.05, 3.63) is 56.5 Å². The van der Waals surface area contributed by atoms with E-state index in [1.165, 1.54) is 18.2 Å². The Kier molecular flexibility index (Phi) is 2.78. The summed E-state index contributed by atoms with van der Waals surface area (Å²) in [6, 6.07) is 7.62. The third-order valence-corrected chi connectivity index (χ3v) is 2.47. The molecule has 2 rings (SSSR count). The maximum atomic E-state index is 11.3. The van der Waals surface area contributed by atoms with E-state index in [1.807, 2.05) is 6.92 Å². The first-order valence-electron chi connectivity index (χ1n) is 5.17. The number of benzene rings is 1. The lowest BCUT2D eigenvalue weighted by Gasteiger charge is -2.06. The second-order valence-electron chi connectivity index (χ2n) is 3.58. The molecule has 0 saturated carbocycles. The number of aromatic amines is 1. The van der Waals surface area contributed by atoms with Crippen molar-refractivity contribution in [2.75, 3.05) is 0 Å². The number of aryl methyl sites for hydroxylation is 1.